The van der Waals surface area contributed by atoms with Crippen molar-refractivity contribution in [3.05, 3.63) is 0 Å². The SMILES string of the molecule is CCC1(C)CC2CC1C1C3CC(O)C(C3)C21. The van der Waals surface area contributed by atoms with Crippen LogP contribution < -0.4 is 0 Å². The van der Waals surface area contributed by atoms with Crippen molar-refractivity contribution < 1.29 is 5.11 Å². The molecule has 0 aromatic heterocycles. The van der Waals surface area contributed by atoms with Gasteiger partial charge in [-0.15, -0.1) is 0 Å². The Morgan fingerprint density at radius 1 is 1.12 bits per heavy atom. The van der Waals surface area contributed by atoms with E-state index in [0.29, 0.717) is 11.3 Å². The first-order valence-electron chi connectivity index (χ1n) is 7.32. The zero-order valence-electron chi connectivity index (χ0n) is 10.5. The largest absolute Gasteiger partial charge is 0.393 e. The molecule has 16 heavy (non-hydrogen) atoms. The van der Waals surface area contributed by atoms with Crippen molar-refractivity contribution in [1.82, 2.24) is 0 Å². The lowest BCUT2D eigenvalue weighted by atomic mass is 9.60. The Labute approximate surface area is 98.6 Å². The summed E-state index contributed by atoms with van der Waals surface area (Å²) in [4.78, 5) is 0. The van der Waals surface area contributed by atoms with Crippen LogP contribution in [0.25, 0.3) is 0 Å². The lowest BCUT2D eigenvalue weighted by Gasteiger charge is -2.45. The Hall–Kier alpha value is -0.0400. The minimum absolute atomic E-state index is 0.0680. The Kier molecular flexibility index (Phi) is 1.77. The van der Waals surface area contributed by atoms with Crippen LogP contribution in [0, 0.1) is 40.9 Å². The first kappa shape index (κ1) is 9.94. The van der Waals surface area contributed by atoms with Gasteiger partial charge in [0.2, 0.25) is 0 Å². The molecule has 1 heteroatoms. The molecule has 0 aliphatic heterocycles. The van der Waals surface area contributed by atoms with Gasteiger partial charge >= 0.3 is 0 Å². The van der Waals surface area contributed by atoms with Crippen LogP contribution in [0.2, 0.25) is 0 Å². The van der Waals surface area contributed by atoms with Crippen molar-refractivity contribution in [3.63, 3.8) is 0 Å². The Morgan fingerprint density at radius 2 is 1.94 bits per heavy atom. The highest BCUT2D eigenvalue weighted by molar-refractivity contribution is 5.15. The lowest BCUT2D eigenvalue weighted by Crippen LogP contribution is -2.41. The highest BCUT2D eigenvalue weighted by Crippen LogP contribution is 2.72. The van der Waals surface area contributed by atoms with Gasteiger partial charge in [0.15, 0.2) is 0 Å². The third-order valence-electron chi connectivity index (χ3n) is 7.09. The molecular weight excluding hydrogens is 196 g/mol. The summed E-state index contributed by atoms with van der Waals surface area (Å²) < 4.78 is 0. The van der Waals surface area contributed by atoms with E-state index in [1.54, 1.807) is 0 Å². The molecule has 0 aromatic rings. The summed E-state index contributed by atoms with van der Waals surface area (Å²) in [5.74, 6) is 5.52. The molecule has 1 N–H and O–H groups in total. The molecule has 90 valence electrons. The van der Waals surface area contributed by atoms with E-state index in [9.17, 15) is 5.11 Å². The minimum atomic E-state index is 0.0680. The summed E-state index contributed by atoms with van der Waals surface area (Å²) in [6, 6.07) is 0. The standard InChI is InChI=1S/C15H24O/c1-3-15(2)7-9-5-11(15)14-8-4-10(13(9)14)12(16)6-8/h8-14,16H,3-7H2,1-2H3. The lowest BCUT2D eigenvalue weighted by molar-refractivity contribution is -0.0103. The third kappa shape index (κ3) is 0.939. The van der Waals surface area contributed by atoms with Gasteiger partial charge in [-0.3, -0.25) is 0 Å². The van der Waals surface area contributed by atoms with E-state index in [-0.39, 0.29) is 6.10 Å². The van der Waals surface area contributed by atoms with E-state index in [0.717, 1.165) is 36.0 Å². The van der Waals surface area contributed by atoms with Gasteiger partial charge in [-0.05, 0) is 66.6 Å². The molecule has 0 spiro atoms. The molecule has 1 nitrogen and oxygen atoms in total. The van der Waals surface area contributed by atoms with Crippen molar-refractivity contribution in [1.29, 1.82) is 0 Å². The average Bonchev–Trinajstić information content (AvgIpc) is 2.93. The summed E-state index contributed by atoms with van der Waals surface area (Å²) in [7, 11) is 0. The minimum Gasteiger partial charge on any atom is -0.393 e. The second kappa shape index (κ2) is 2.85. The van der Waals surface area contributed by atoms with Crippen molar-refractivity contribution >= 4 is 0 Å². The van der Waals surface area contributed by atoms with Gasteiger partial charge in [0.1, 0.15) is 0 Å². The van der Waals surface area contributed by atoms with E-state index >= 15 is 0 Å². The van der Waals surface area contributed by atoms with Crippen LogP contribution in [0.1, 0.15) is 46.0 Å². The fraction of sp³-hybridized carbons (Fsp3) is 1.00. The van der Waals surface area contributed by atoms with Gasteiger partial charge in [-0.2, -0.15) is 0 Å². The molecular formula is C15H24O. The van der Waals surface area contributed by atoms with Crippen molar-refractivity contribution in [3.8, 4) is 0 Å². The van der Waals surface area contributed by atoms with Crippen LogP contribution >= 0.6 is 0 Å². The number of aliphatic hydroxyl groups is 1. The topological polar surface area (TPSA) is 20.2 Å². The highest BCUT2D eigenvalue weighted by atomic mass is 16.3. The maximum Gasteiger partial charge on any atom is 0.0574 e. The number of hydrogen-bond acceptors (Lipinski definition) is 1. The molecule has 4 aliphatic carbocycles. The van der Waals surface area contributed by atoms with E-state index in [4.69, 9.17) is 0 Å². The Bertz CT molecular complexity index is 325. The maximum atomic E-state index is 10.1. The fourth-order valence-corrected chi connectivity index (χ4v) is 6.44. The monoisotopic (exact) mass is 220 g/mol. The number of rotatable bonds is 1. The third-order valence-corrected chi connectivity index (χ3v) is 7.09. The molecule has 8 atom stereocenters. The predicted molar refractivity (Wildman–Crippen MR) is 63.8 cm³/mol. The van der Waals surface area contributed by atoms with E-state index in [2.05, 4.69) is 13.8 Å². The molecule has 0 amide bonds. The average molecular weight is 220 g/mol. The van der Waals surface area contributed by atoms with Crippen LogP contribution in [0.15, 0.2) is 0 Å². The molecule has 4 fully saturated rings. The quantitative estimate of drug-likeness (QED) is 0.673. The van der Waals surface area contributed by atoms with Crippen LogP contribution in [-0.2, 0) is 0 Å². The Balaban J connectivity index is 1.69. The number of hydrogen-bond donors (Lipinski definition) is 1. The second-order valence-electron chi connectivity index (χ2n) is 7.43. The van der Waals surface area contributed by atoms with Crippen LogP contribution in [0.3, 0.4) is 0 Å². The Morgan fingerprint density at radius 3 is 2.69 bits per heavy atom. The first-order chi connectivity index (χ1) is 7.64. The summed E-state index contributed by atoms with van der Waals surface area (Å²) in [5, 5.41) is 10.1. The zero-order chi connectivity index (χ0) is 11.1. The molecule has 0 heterocycles. The zero-order valence-corrected chi connectivity index (χ0v) is 10.5. The molecule has 0 aromatic carbocycles. The smallest absolute Gasteiger partial charge is 0.0574 e. The fourth-order valence-electron chi connectivity index (χ4n) is 6.44. The molecule has 4 saturated carbocycles. The van der Waals surface area contributed by atoms with Gasteiger partial charge in [0, 0.05) is 0 Å². The first-order valence-corrected chi connectivity index (χ1v) is 7.32. The molecule has 4 rings (SSSR count). The van der Waals surface area contributed by atoms with Gasteiger partial charge in [0.05, 0.1) is 6.10 Å². The van der Waals surface area contributed by atoms with Gasteiger partial charge < -0.3 is 5.11 Å². The predicted octanol–water partition coefficient (Wildman–Crippen LogP) is 3.08. The number of fused-ring (bicyclic) bond motifs is 9. The van der Waals surface area contributed by atoms with Gasteiger partial charge in [-0.25, -0.2) is 0 Å². The second-order valence-corrected chi connectivity index (χ2v) is 7.43. The maximum absolute atomic E-state index is 10.1. The van der Waals surface area contributed by atoms with Crippen LogP contribution in [0.4, 0.5) is 0 Å². The normalized spacial score (nSPS) is 66.6. The van der Waals surface area contributed by atoms with E-state index in [1.807, 2.05) is 0 Å². The van der Waals surface area contributed by atoms with E-state index in [1.165, 1.54) is 25.7 Å². The van der Waals surface area contributed by atoms with E-state index < -0.39 is 0 Å². The van der Waals surface area contributed by atoms with Crippen LogP contribution in [-0.4, -0.2) is 11.2 Å². The molecule has 4 bridgehead atoms. The van der Waals surface area contributed by atoms with Crippen molar-refractivity contribution in [2.45, 2.75) is 52.1 Å². The summed E-state index contributed by atoms with van der Waals surface area (Å²) in [6.07, 6.45) is 6.90. The summed E-state index contributed by atoms with van der Waals surface area (Å²) in [6.45, 7) is 4.92. The van der Waals surface area contributed by atoms with Gasteiger partial charge in [0.25, 0.3) is 0 Å². The summed E-state index contributed by atoms with van der Waals surface area (Å²) in [5.41, 5.74) is 0.654. The molecule has 0 radical (unpaired) electrons. The molecule has 0 saturated heterocycles. The number of aliphatic hydroxyl groups excluding tert-OH is 1. The molecule has 4 aliphatic rings. The van der Waals surface area contributed by atoms with Crippen molar-refractivity contribution in [2.75, 3.05) is 0 Å². The molecule has 8 unspecified atom stereocenters. The van der Waals surface area contributed by atoms with Gasteiger partial charge in [-0.1, -0.05) is 20.3 Å². The van der Waals surface area contributed by atoms with Crippen LogP contribution in [0.5, 0.6) is 0 Å². The summed E-state index contributed by atoms with van der Waals surface area (Å²) >= 11 is 0. The van der Waals surface area contributed by atoms with Crippen molar-refractivity contribution in [2.24, 2.45) is 40.9 Å². The highest BCUT2D eigenvalue weighted by Gasteiger charge is 2.66.